The lowest BCUT2D eigenvalue weighted by Gasteiger charge is -2.18. The van der Waals surface area contributed by atoms with Gasteiger partial charge in [0.05, 0.1) is 11.5 Å². The molecule has 0 aliphatic rings. The molecule has 7 nitrogen and oxygen atoms in total. The highest BCUT2D eigenvalue weighted by atomic mass is 16.6. The fourth-order valence-corrected chi connectivity index (χ4v) is 2.35. The average molecular weight is 329 g/mol. The van der Waals surface area contributed by atoms with Gasteiger partial charge < -0.3 is 15.7 Å². The molecule has 0 saturated heterocycles. The van der Waals surface area contributed by atoms with Crippen molar-refractivity contribution in [1.82, 2.24) is 5.32 Å². The molecule has 0 aromatic heterocycles. The molecule has 0 heterocycles. The highest BCUT2D eigenvalue weighted by molar-refractivity contribution is 5.94. The second-order valence-corrected chi connectivity index (χ2v) is 5.18. The van der Waals surface area contributed by atoms with Crippen LogP contribution in [-0.2, 0) is 4.79 Å². The molecule has 2 aromatic carbocycles. The molecule has 1 unspecified atom stereocenters. The lowest BCUT2D eigenvalue weighted by molar-refractivity contribution is -0.383. The number of anilines is 1. The standard InChI is InChI=1S/C17H19N3O4/c21-11-10-14(13-6-2-1-3-7-13)18-12-17(22)19-15-8-4-5-9-16(15)20(23)24/h1-9,14,18,21H,10-12H2,(H,19,22). The first kappa shape index (κ1) is 17.6. The number of carbonyl (C=O) groups excluding carboxylic acids is 1. The zero-order valence-electron chi connectivity index (χ0n) is 13.0. The Kier molecular flexibility index (Phi) is 6.41. The van der Waals surface area contributed by atoms with E-state index in [1.54, 1.807) is 12.1 Å². The van der Waals surface area contributed by atoms with Gasteiger partial charge in [-0.05, 0) is 18.1 Å². The van der Waals surface area contributed by atoms with Gasteiger partial charge in [0.25, 0.3) is 5.69 Å². The average Bonchev–Trinajstić information content (AvgIpc) is 2.59. The van der Waals surface area contributed by atoms with Crippen LogP contribution in [0.15, 0.2) is 54.6 Å². The maximum Gasteiger partial charge on any atom is 0.292 e. The molecule has 1 amide bonds. The number of hydrogen-bond acceptors (Lipinski definition) is 5. The molecule has 126 valence electrons. The monoisotopic (exact) mass is 329 g/mol. The SMILES string of the molecule is O=C(CNC(CCO)c1ccccc1)Nc1ccccc1[N+](=O)[O-]. The summed E-state index contributed by atoms with van der Waals surface area (Å²) in [6, 6.07) is 15.3. The van der Waals surface area contributed by atoms with Crippen molar-refractivity contribution in [2.24, 2.45) is 0 Å². The summed E-state index contributed by atoms with van der Waals surface area (Å²) in [5, 5.41) is 25.7. The molecular weight excluding hydrogens is 310 g/mol. The van der Waals surface area contributed by atoms with E-state index in [-0.39, 0.29) is 36.5 Å². The molecule has 2 aromatic rings. The predicted octanol–water partition coefficient (Wildman–Crippen LogP) is 2.25. The molecule has 0 spiro atoms. The first-order valence-electron chi connectivity index (χ1n) is 7.54. The van der Waals surface area contributed by atoms with Gasteiger partial charge in [-0.2, -0.15) is 0 Å². The number of aliphatic hydroxyl groups excluding tert-OH is 1. The number of para-hydroxylation sites is 2. The molecule has 0 bridgehead atoms. The van der Waals surface area contributed by atoms with Crippen molar-refractivity contribution in [2.45, 2.75) is 12.5 Å². The largest absolute Gasteiger partial charge is 0.396 e. The van der Waals surface area contributed by atoms with Gasteiger partial charge in [-0.3, -0.25) is 14.9 Å². The Morgan fingerprint density at radius 3 is 2.46 bits per heavy atom. The van der Waals surface area contributed by atoms with E-state index in [9.17, 15) is 20.0 Å². The normalized spacial score (nSPS) is 11.7. The Bertz CT molecular complexity index is 691. The quantitative estimate of drug-likeness (QED) is 0.509. The van der Waals surface area contributed by atoms with Crippen LogP contribution in [0.5, 0.6) is 0 Å². The Labute approximate surface area is 139 Å². The van der Waals surface area contributed by atoms with Gasteiger partial charge in [0.15, 0.2) is 0 Å². The van der Waals surface area contributed by atoms with E-state index < -0.39 is 4.92 Å². The van der Waals surface area contributed by atoms with Crippen molar-refractivity contribution in [3.8, 4) is 0 Å². The van der Waals surface area contributed by atoms with E-state index in [0.717, 1.165) is 5.56 Å². The summed E-state index contributed by atoms with van der Waals surface area (Å²) in [5.74, 6) is -0.386. The third-order valence-electron chi connectivity index (χ3n) is 3.50. The van der Waals surface area contributed by atoms with E-state index >= 15 is 0 Å². The molecule has 2 rings (SSSR count). The summed E-state index contributed by atoms with van der Waals surface area (Å²) >= 11 is 0. The molecule has 0 aliphatic carbocycles. The van der Waals surface area contributed by atoms with Crippen LogP contribution >= 0.6 is 0 Å². The fourth-order valence-electron chi connectivity index (χ4n) is 2.35. The van der Waals surface area contributed by atoms with Crippen molar-refractivity contribution in [2.75, 3.05) is 18.5 Å². The van der Waals surface area contributed by atoms with Crippen LogP contribution in [0, 0.1) is 10.1 Å². The van der Waals surface area contributed by atoms with Gasteiger partial charge in [-0.1, -0.05) is 42.5 Å². The number of carbonyl (C=O) groups is 1. The lowest BCUT2D eigenvalue weighted by Crippen LogP contribution is -2.32. The Hall–Kier alpha value is -2.77. The molecule has 1 atom stereocenters. The van der Waals surface area contributed by atoms with E-state index in [0.29, 0.717) is 6.42 Å². The third-order valence-corrected chi connectivity index (χ3v) is 3.50. The molecule has 3 N–H and O–H groups in total. The van der Waals surface area contributed by atoms with Crippen LogP contribution in [0.4, 0.5) is 11.4 Å². The number of amides is 1. The molecule has 7 heteroatoms. The summed E-state index contributed by atoms with van der Waals surface area (Å²) < 4.78 is 0. The van der Waals surface area contributed by atoms with Gasteiger partial charge in [-0.25, -0.2) is 0 Å². The lowest BCUT2D eigenvalue weighted by atomic mass is 10.0. The minimum absolute atomic E-state index is 0.0155. The summed E-state index contributed by atoms with van der Waals surface area (Å²) in [5.41, 5.74) is 0.971. The van der Waals surface area contributed by atoms with Gasteiger partial charge in [0, 0.05) is 18.7 Å². The minimum atomic E-state index is -0.540. The first-order chi connectivity index (χ1) is 11.6. The van der Waals surface area contributed by atoms with Gasteiger partial charge in [-0.15, -0.1) is 0 Å². The maximum absolute atomic E-state index is 12.1. The van der Waals surface area contributed by atoms with Crippen LogP contribution in [0.1, 0.15) is 18.0 Å². The number of nitrogens with zero attached hydrogens (tertiary/aromatic N) is 1. The zero-order chi connectivity index (χ0) is 17.4. The molecule has 0 saturated carbocycles. The number of rotatable bonds is 8. The predicted molar refractivity (Wildman–Crippen MR) is 90.6 cm³/mol. The van der Waals surface area contributed by atoms with Crippen LogP contribution in [-0.4, -0.2) is 29.1 Å². The van der Waals surface area contributed by atoms with Crippen molar-refractivity contribution < 1.29 is 14.8 Å². The second-order valence-electron chi connectivity index (χ2n) is 5.18. The fraction of sp³-hybridized carbons (Fsp3) is 0.235. The van der Waals surface area contributed by atoms with Crippen LogP contribution < -0.4 is 10.6 Å². The number of aliphatic hydroxyl groups is 1. The first-order valence-corrected chi connectivity index (χ1v) is 7.54. The van der Waals surface area contributed by atoms with Gasteiger partial charge >= 0.3 is 0 Å². The minimum Gasteiger partial charge on any atom is -0.396 e. The molecule has 0 aliphatic heterocycles. The van der Waals surface area contributed by atoms with Crippen molar-refractivity contribution in [1.29, 1.82) is 0 Å². The molecule has 0 radical (unpaired) electrons. The van der Waals surface area contributed by atoms with Crippen LogP contribution in [0.25, 0.3) is 0 Å². The van der Waals surface area contributed by atoms with E-state index in [1.165, 1.54) is 12.1 Å². The summed E-state index contributed by atoms with van der Waals surface area (Å²) in [6.07, 6.45) is 0.461. The zero-order valence-corrected chi connectivity index (χ0v) is 13.0. The topological polar surface area (TPSA) is 104 Å². The second kappa shape index (κ2) is 8.76. The molecule has 24 heavy (non-hydrogen) atoms. The smallest absolute Gasteiger partial charge is 0.292 e. The highest BCUT2D eigenvalue weighted by Crippen LogP contribution is 2.23. The van der Waals surface area contributed by atoms with Gasteiger partial charge in [0.1, 0.15) is 5.69 Å². The number of nitro benzene ring substituents is 1. The van der Waals surface area contributed by atoms with Crippen LogP contribution in [0.2, 0.25) is 0 Å². The van der Waals surface area contributed by atoms with E-state index in [4.69, 9.17) is 0 Å². The number of hydrogen-bond donors (Lipinski definition) is 3. The summed E-state index contributed by atoms with van der Waals surface area (Å²) in [4.78, 5) is 22.5. The van der Waals surface area contributed by atoms with Crippen LogP contribution in [0.3, 0.4) is 0 Å². The Balaban J connectivity index is 1.98. The Morgan fingerprint density at radius 1 is 1.12 bits per heavy atom. The number of benzene rings is 2. The molecular formula is C17H19N3O4. The van der Waals surface area contributed by atoms with Crippen molar-refractivity contribution >= 4 is 17.3 Å². The molecule has 0 fully saturated rings. The maximum atomic E-state index is 12.1. The van der Waals surface area contributed by atoms with Gasteiger partial charge in [0.2, 0.25) is 5.91 Å². The van der Waals surface area contributed by atoms with Crippen molar-refractivity contribution in [3.05, 3.63) is 70.3 Å². The van der Waals surface area contributed by atoms with Crippen molar-refractivity contribution in [3.63, 3.8) is 0 Å². The number of nitro groups is 1. The highest BCUT2D eigenvalue weighted by Gasteiger charge is 2.16. The third kappa shape index (κ3) is 4.87. The number of nitrogens with one attached hydrogen (secondary N) is 2. The van der Waals surface area contributed by atoms with E-state index in [1.807, 2.05) is 30.3 Å². The summed E-state index contributed by atoms with van der Waals surface area (Å²) in [6.45, 7) is -0.0378. The van der Waals surface area contributed by atoms with E-state index in [2.05, 4.69) is 10.6 Å². The Morgan fingerprint density at radius 2 is 1.79 bits per heavy atom. The summed E-state index contributed by atoms with van der Waals surface area (Å²) in [7, 11) is 0.